The standard InChI is InChI=1S/C23H30N2O4S/c1-4-22(26)24(12-13-28-3)15-23(27)25-11-9-21-18(10-14-30-21)19(25)16-29-20-8-6-5-7-17(20)2/h5-8,10,14,19H,4,9,11-13,15-16H2,1-3H3/t19-/m0/s1. The normalized spacial score (nSPS) is 15.6. The number of carbonyl (C=O) groups is 2. The SMILES string of the molecule is CCC(=O)N(CCOC)CC(=O)N1CCc2sccc2[C@@H]1COc1ccccc1C. The summed E-state index contributed by atoms with van der Waals surface area (Å²) in [4.78, 5) is 30.3. The fourth-order valence-electron chi connectivity index (χ4n) is 3.73. The number of thiophene rings is 1. The van der Waals surface area contributed by atoms with Gasteiger partial charge in [0.2, 0.25) is 11.8 Å². The minimum Gasteiger partial charge on any atom is -0.491 e. The topological polar surface area (TPSA) is 59.1 Å². The largest absolute Gasteiger partial charge is 0.491 e. The number of amides is 2. The number of fused-ring (bicyclic) bond motifs is 1. The van der Waals surface area contributed by atoms with Crippen LogP contribution in [0.2, 0.25) is 0 Å². The lowest BCUT2D eigenvalue weighted by molar-refractivity contribution is -0.143. The van der Waals surface area contributed by atoms with E-state index >= 15 is 0 Å². The molecule has 0 radical (unpaired) electrons. The number of methoxy groups -OCH3 is 1. The molecule has 2 amide bonds. The van der Waals surface area contributed by atoms with Gasteiger partial charge < -0.3 is 19.3 Å². The smallest absolute Gasteiger partial charge is 0.242 e. The van der Waals surface area contributed by atoms with E-state index in [9.17, 15) is 9.59 Å². The molecule has 0 N–H and O–H groups in total. The Hall–Kier alpha value is -2.38. The maximum absolute atomic E-state index is 13.3. The molecule has 0 fully saturated rings. The Bertz CT molecular complexity index is 866. The highest BCUT2D eigenvalue weighted by molar-refractivity contribution is 7.10. The first-order chi connectivity index (χ1) is 14.5. The van der Waals surface area contributed by atoms with Crippen LogP contribution >= 0.6 is 11.3 Å². The number of carbonyl (C=O) groups excluding carboxylic acids is 2. The van der Waals surface area contributed by atoms with Crippen molar-refractivity contribution < 1.29 is 19.1 Å². The Morgan fingerprint density at radius 2 is 2.07 bits per heavy atom. The van der Waals surface area contributed by atoms with Crippen LogP contribution in [0.1, 0.15) is 35.4 Å². The van der Waals surface area contributed by atoms with Gasteiger partial charge in [-0.05, 0) is 42.0 Å². The van der Waals surface area contributed by atoms with Gasteiger partial charge in [-0.15, -0.1) is 11.3 Å². The summed E-state index contributed by atoms with van der Waals surface area (Å²) in [5, 5.41) is 2.07. The molecule has 1 aromatic heterocycles. The lowest BCUT2D eigenvalue weighted by Crippen LogP contribution is -2.48. The monoisotopic (exact) mass is 430 g/mol. The lowest BCUT2D eigenvalue weighted by Gasteiger charge is -2.37. The van der Waals surface area contributed by atoms with E-state index in [-0.39, 0.29) is 24.4 Å². The number of para-hydroxylation sites is 1. The fraction of sp³-hybridized carbons (Fsp3) is 0.478. The van der Waals surface area contributed by atoms with Crippen molar-refractivity contribution in [2.75, 3.05) is 40.0 Å². The van der Waals surface area contributed by atoms with Crippen molar-refractivity contribution in [1.29, 1.82) is 0 Å². The minimum atomic E-state index is -0.159. The van der Waals surface area contributed by atoms with Crippen LogP contribution in [-0.4, -0.2) is 61.6 Å². The maximum Gasteiger partial charge on any atom is 0.242 e. The van der Waals surface area contributed by atoms with Crippen LogP contribution < -0.4 is 4.74 Å². The van der Waals surface area contributed by atoms with Gasteiger partial charge in [-0.3, -0.25) is 9.59 Å². The van der Waals surface area contributed by atoms with E-state index in [0.717, 1.165) is 23.3 Å². The molecule has 1 atom stereocenters. The maximum atomic E-state index is 13.3. The predicted octanol–water partition coefficient (Wildman–Crippen LogP) is 3.45. The zero-order valence-corrected chi connectivity index (χ0v) is 18.7. The zero-order chi connectivity index (χ0) is 21.5. The van der Waals surface area contributed by atoms with Crippen LogP contribution in [0.5, 0.6) is 5.75 Å². The number of rotatable bonds is 9. The quantitative estimate of drug-likeness (QED) is 0.611. The number of benzene rings is 1. The van der Waals surface area contributed by atoms with Crippen LogP contribution in [0, 0.1) is 6.92 Å². The summed E-state index contributed by atoms with van der Waals surface area (Å²) in [6.45, 7) is 5.73. The third-order valence-corrected chi connectivity index (χ3v) is 6.45. The van der Waals surface area contributed by atoms with Crippen LogP contribution in [0.3, 0.4) is 0 Å². The molecule has 1 aromatic carbocycles. The summed E-state index contributed by atoms with van der Waals surface area (Å²) in [6, 6.07) is 9.82. The van der Waals surface area contributed by atoms with Gasteiger partial charge in [0.25, 0.3) is 0 Å². The van der Waals surface area contributed by atoms with Gasteiger partial charge in [0.1, 0.15) is 12.4 Å². The first kappa shape index (κ1) is 22.3. The minimum absolute atomic E-state index is 0.0404. The molecule has 0 saturated carbocycles. The van der Waals surface area contributed by atoms with E-state index in [2.05, 4.69) is 11.4 Å². The first-order valence-corrected chi connectivity index (χ1v) is 11.2. The summed E-state index contributed by atoms with van der Waals surface area (Å²) >= 11 is 1.73. The van der Waals surface area contributed by atoms with Crippen molar-refractivity contribution in [2.24, 2.45) is 0 Å². The second-order valence-corrected chi connectivity index (χ2v) is 8.39. The van der Waals surface area contributed by atoms with Crippen molar-refractivity contribution in [2.45, 2.75) is 32.7 Å². The molecule has 7 heteroatoms. The van der Waals surface area contributed by atoms with E-state index in [0.29, 0.717) is 32.7 Å². The summed E-state index contributed by atoms with van der Waals surface area (Å²) in [5.41, 5.74) is 2.22. The Balaban J connectivity index is 1.76. The molecular formula is C23H30N2O4S. The molecular weight excluding hydrogens is 400 g/mol. The fourth-order valence-corrected chi connectivity index (χ4v) is 4.66. The third-order valence-electron chi connectivity index (χ3n) is 5.45. The predicted molar refractivity (Wildman–Crippen MR) is 118 cm³/mol. The lowest BCUT2D eigenvalue weighted by atomic mass is 10.0. The molecule has 0 spiro atoms. The van der Waals surface area contributed by atoms with Crippen molar-refractivity contribution in [1.82, 2.24) is 9.80 Å². The van der Waals surface area contributed by atoms with Crippen LogP contribution in [0.4, 0.5) is 0 Å². The highest BCUT2D eigenvalue weighted by Gasteiger charge is 2.33. The van der Waals surface area contributed by atoms with Gasteiger partial charge in [-0.25, -0.2) is 0 Å². The van der Waals surface area contributed by atoms with Crippen molar-refractivity contribution in [3.63, 3.8) is 0 Å². The van der Waals surface area contributed by atoms with Crippen LogP contribution in [-0.2, 0) is 20.7 Å². The molecule has 0 aliphatic carbocycles. The number of nitrogens with zero attached hydrogens (tertiary/aromatic N) is 2. The Kier molecular flexibility index (Phi) is 7.87. The third kappa shape index (κ3) is 5.21. The summed E-state index contributed by atoms with van der Waals surface area (Å²) in [5.74, 6) is 0.736. The molecule has 1 aliphatic heterocycles. The summed E-state index contributed by atoms with van der Waals surface area (Å²) < 4.78 is 11.2. The van der Waals surface area contributed by atoms with Gasteiger partial charge >= 0.3 is 0 Å². The van der Waals surface area contributed by atoms with Crippen LogP contribution in [0.15, 0.2) is 35.7 Å². The van der Waals surface area contributed by atoms with E-state index in [1.165, 1.54) is 4.88 Å². The van der Waals surface area contributed by atoms with Gasteiger partial charge in [0.05, 0.1) is 19.2 Å². The number of hydrogen-bond acceptors (Lipinski definition) is 5. The van der Waals surface area contributed by atoms with E-state index in [4.69, 9.17) is 9.47 Å². The highest BCUT2D eigenvalue weighted by atomic mass is 32.1. The zero-order valence-electron chi connectivity index (χ0n) is 17.9. The first-order valence-electron chi connectivity index (χ1n) is 10.4. The van der Waals surface area contributed by atoms with E-state index in [1.54, 1.807) is 23.3 Å². The molecule has 0 bridgehead atoms. The molecule has 3 rings (SSSR count). The van der Waals surface area contributed by atoms with Crippen molar-refractivity contribution >= 4 is 23.2 Å². The number of ether oxygens (including phenoxy) is 2. The van der Waals surface area contributed by atoms with Crippen molar-refractivity contribution in [3.8, 4) is 5.75 Å². The Labute approximate surface area is 182 Å². The summed E-state index contributed by atoms with van der Waals surface area (Å²) in [6.07, 6.45) is 1.20. The van der Waals surface area contributed by atoms with E-state index in [1.807, 2.05) is 43.0 Å². The average molecular weight is 431 g/mol. The molecule has 162 valence electrons. The Morgan fingerprint density at radius 1 is 1.27 bits per heavy atom. The van der Waals surface area contributed by atoms with Crippen LogP contribution in [0.25, 0.3) is 0 Å². The van der Waals surface area contributed by atoms with Gasteiger partial charge in [-0.1, -0.05) is 25.1 Å². The molecule has 6 nitrogen and oxygen atoms in total. The van der Waals surface area contributed by atoms with Gasteiger partial charge in [0.15, 0.2) is 0 Å². The second kappa shape index (κ2) is 10.6. The van der Waals surface area contributed by atoms with Crippen molar-refractivity contribution in [3.05, 3.63) is 51.7 Å². The number of hydrogen-bond donors (Lipinski definition) is 0. The molecule has 0 saturated heterocycles. The molecule has 2 aromatic rings. The average Bonchev–Trinajstić information content (AvgIpc) is 3.24. The Morgan fingerprint density at radius 3 is 2.80 bits per heavy atom. The molecule has 0 unspecified atom stereocenters. The van der Waals surface area contributed by atoms with E-state index < -0.39 is 0 Å². The highest BCUT2D eigenvalue weighted by Crippen LogP contribution is 2.34. The van der Waals surface area contributed by atoms with Gasteiger partial charge in [-0.2, -0.15) is 0 Å². The molecule has 2 heterocycles. The second-order valence-electron chi connectivity index (χ2n) is 7.39. The number of aryl methyl sites for hydroxylation is 1. The van der Waals surface area contributed by atoms with Gasteiger partial charge in [0, 0.05) is 31.5 Å². The molecule has 1 aliphatic rings. The summed E-state index contributed by atoms with van der Waals surface area (Å²) in [7, 11) is 1.60. The molecule has 30 heavy (non-hydrogen) atoms.